The van der Waals surface area contributed by atoms with Crippen LogP contribution in [-0.2, 0) is 20.0 Å². The molecular weight excluding hydrogens is 397 g/mol. The molecule has 2 rings (SSSR count). The van der Waals surface area contributed by atoms with E-state index in [0.29, 0.717) is 11.1 Å². The predicted molar refractivity (Wildman–Crippen MR) is 101 cm³/mol. The second-order valence-electron chi connectivity index (χ2n) is 6.02. The van der Waals surface area contributed by atoms with E-state index in [9.17, 15) is 26.3 Å². The van der Waals surface area contributed by atoms with Crippen molar-refractivity contribution in [3.8, 4) is 11.1 Å². The van der Waals surface area contributed by atoms with E-state index in [0.717, 1.165) is 18.1 Å². The molecule has 1 aromatic carbocycles. The lowest BCUT2D eigenvalue weighted by molar-refractivity contribution is 0.125. The van der Waals surface area contributed by atoms with Gasteiger partial charge in [-0.1, -0.05) is 24.3 Å². The van der Waals surface area contributed by atoms with Gasteiger partial charge in [-0.2, -0.15) is 0 Å². The van der Waals surface area contributed by atoms with Crippen molar-refractivity contribution in [2.75, 3.05) is 23.9 Å². The van der Waals surface area contributed by atoms with Crippen LogP contribution >= 0.6 is 0 Å². The molecule has 1 heterocycles. The summed E-state index contributed by atoms with van der Waals surface area (Å²) in [5.74, 6) is 0.186. The minimum atomic E-state index is -3.66. The van der Waals surface area contributed by atoms with Gasteiger partial charge in [-0.25, -0.2) is 30.9 Å². The molecule has 2 atom stereocenters. The molecule has 2 aromatic rings. The molecule has 0 aliphatic rings. The van der Waals surface area contributed by atoms with Crippen molar-refractivity contribution in [3.63, 3.8) is 0 Å². The number of benzene rings is 1. The highest BCUT2D eigenvalue weighted by Crippen LogP contribution is 2.24. The van der Waals surface area contributed by atoms with Crippen molar-refractivity contribution >= 4 is 25.9 Å². The van der Waals surface area contributed by atoms with Gasteiger partial charge in [-0.05, 0) is 23.3 Å². The van der Waals surface area contributed by atoms with Crippen LogP contribution in [0.25, 0.3) is 11.1 Å². The number of aliphatic hydroxyl groups is 1. The van der Waals surface area contributed by atoms with Crippen molar-refractivity contribution in [2.24, 2.45) is 0 Å². The van der Waals surface area contributed by atoms with Crippen molar-refractivity contribution < 1.29 is 26.3 Å². The van der Waals surface area contributed by atoms with Crippen molar-refractivity contribution in [3.05, 3.63) is 48.2 Å². The number of pyridine rings is 1. The summed E-state index contributed by atoms with van der Waals surface area (Å²) in [4.78, 5) is 4.01. The van der Waals surface area contributed by atoms with E-state index >= 15 is 0 Å². The smallest absolute Gasteiger partial charge is 0.230 e. The topological polar surface area (TPSA) is 125 Å². The molecule has 3 N–H and O–H groups in total. The highest BCUT2D eigenvalue weighted by molar-refractivity contribution is 7.92. The Hall–Kier alpha value is -2.08. The number of nitrogens with zero attached hydrogens (tertiary/aromatic N) is 1. The summed E-state index contributed by atoms with van der Waals surface area (Å²) < 4.78 is 62.3. The molecule has 0 spiro atoms. The Kier molecular flexibility index (Phi) is 6.52. The molecule has 0 fully saturated rings. The van der Waals surface area contributed by atoms with E-state index < -0.39 is 38.9 Å². The number of nitrogens with one attached hydrogen (secondary N) is 2. The quantitative estimate of drug-likeness (QED) is 0.589. The lowest BCUT2D eigenvalue weighted by Gasteiger charge is -2.21. The SMILES string of the molecule is CS(=O)(=O)Nc1ccc(-c2ccc([C@@H](O)[C@@H](CF)NS(C)(=O)=O)cc2)cn1. The van der Waals surface area contributed by atoms with E-state index in [4.69, 9.17) is 0 Å². The van der Waals surface area contributed by atoms with Gasteiger partial charge in [0.15, 0.2) is 0 Å². The summed E-state index contributed by atoms with van der Waals surface area (Å²) >= 11 is 0. The monoisotopic (exact) mass is 417 g/mol. The maximum Gasteiger partial charge on any atom is 0.230 e. The highest BCUT2D eigenvalue weighted by Gasteiger charge is 2.24. The van der Waals surface area contributed by atoms with Crippen LogP contribution in [0.15, 0.2) is 42.6 Å². The number of sulfonamides is 2. The van der Waals surface area contributed by atoms with Crippen LogP contribution in [0.3, 0.4) is 0 Å². The van der Waals surface area contributed by atoms with Gasteiger partial charge in [0, 0.05) is 11.8 Å². The maximum absolute atomic E-state index is 13.1. The Labute approximate surface area is 157 Å². The standard InChI is InChI=1S/C16H20FN3O5S2/c1-26(22,23)19-14(9-17)16(21)12-5-3-11(4-6-12)13-7-8-15(18-10-13)20-27(2,24)25/h3-8,10,14,16,19,21H,9H2,1-2H3,(H,18,20)/t14-,16-/m1/s1. The Morgan fingerprint density at radius 2 is 1.59 bits per heavy atom. The number of hydrogen-bond donors (Lipinski definition) is 3. The fraction of sp³-hybridized carbons (Fsp3) is 0.312. The zero-order valence-corrected chi connectivity index (χ0v) is 16.3. The first kappa shape index (κ1) is 21.2. The molecule has 148 valence electrons. The van der Waals surface area contributed by atoms with Crippen LogP contribution in [0.4, 0.5) is 10.2 Å². The highest BCUT2D eigenvalue weighted by atomic mass is 32.2. The van der Waals surface area contributed by atoms with Gasteiger partial charge >= 0.3 is 0 Å². The average molecular weight is 417 g/mol. The zero-order valence-electron chi connectivity index (χ0n) is 14.6. The summed E-state index contributed by atoms with van der Waals surface area (Å²) in [6, 6.07) is 8.32. The van der Waals surface area contributed by atoms with Crippen LogP contribution in [0, 0.1) is 0 Å². The van der Waals surface area contributed by atoms with Gasteiger partial charge in [0.2, 0.25) is 20.0 Å². The van der Waals surface area contributed by atoms with Crippen LogP contribution in [0.2, 0.25) is 0 Å². The molecule has 27 heavy (non-hydrogen) atoms. The Morgan fingerprint density at radius 1 is 1.00 bits per heavy atom. The largest absolute Gasteiger partial charge is 0.387 e. The normalized spacial score (nSPS) is 14.5. The third kappa shape index (κ3) is 6.54. The van der Waals surface area contributed by atoms with Crippen molar-refractivity contribution in [2.45, 2.75) is 12.1 Å². The van der Waals surface area contributed by atoms with Crippen LogP contribution in [0.1, 0.15) is 11.7 Å². The molecule has 1 aromatic heterocycles. The Morgan fingerprint density at radius 3 is 2.04 bits per heavy atom. The molecule has 0 aliphatic heterocycles. The zero-order chi connectivity index (χ0) is 20.2. The van der Waals surface area contributed by atoms with Gasteiger partial charge in [-0.15, -0.1) is 0 Å². The number of rotatable bonds is 8. The van der Waals surface area contributed by atoms with Gasteiger partial charge in [0.25, 0.3) is 0 Å². The fourth-order valence-corrected chi connectivity index (χ4v) is 3.62. The van der Waals surface area contributed by atoms with Crippen molar-refractivity contribution in [1.29, 1.82) is 0 Å². The number of aromatic nitrogens is 1. The first-order valence-electron chi connectivity index (χ1n) is 7.74. The van der Waals surface area contributed by atoms with Gasteiger partial charge in [-0.3, -0.25) is 4.72 Å². The summed E-state index contributed by atoms with van der Waals surface area (Å²) in [5.41, 5.74) is 1.78. The molecule has 0 aliphatic carbocycles. The molecule has 0 saturated heterocycles. The molecule has 0 radical (unpaired) electrons. The lowest BCUT2D eigenvalue weighted by Crippen LogP contribution is -2.40. The summed E-state index contributed by atoms with van der Waals surface area (Å²) in [7, 11) is -7.08. The number of hydrogen-bond acceptors (Lipinski definition) is 6. The molecule has 8 nitrogen and oxygen atoms in total. The Balaban J connectivity index is 2.16. The van der Waals surface area contributed by atoms with Crippen molar-refractivity contribution in [1.82, 2.24) is 9.71 Å². The average Bonchev–Trinajstić information content (AvgIpc) is 2.58. The second kappa shape index (κ2) is 8.30. The van der Waals surface area contributed by atoms with Gasteiger partial charge in [0.05, 0.1) is 24.7 Å². The van der Waals surface area contributed by atoms with E-state index in [1.54, 1.807) is 30.3 Å². The number of aliphatic hydroxyl groups excluding tert-OH is 1. The fourth-order valence-electron chi connectivity index (χ4n) is 2.38. The number of anilines is 1. The minimum Gasteiger partial charge on any atom is -0.387 e. The first-order chi connectivity index (χ1) is 12.5. The van der Waals surface area contributed by atoms with Gasteiger partial charge in [0.1, 0.15) is 12.5 Å². The van der Waals surface area contributed by atoms with Crippen LogP contribution in [0.5, 0.6) is 0 Å². The minimum absolute atomic E-state index is 0.186. The second-order valence-corrected chi connectivity index (χ2v) is 9.55. The summed E-state index contributed by atoms with van der Waals surface area (Å²) in [6.45, 7) is -1.06. The number of alkyl halides is 1. The lowest BCUT2D eigenvalue weighted by atomic mass is 10.00. The molecule has 0 unspecified atom stereocenters. The maximum atomic E-state index is 13.1. The summed E-state index contributed by atoms with van der Waals surface area (Å²) in [6.07, 6.45) is 2.05. The van der Waals surface area contributed by atoms with E-state index in [2.05, 4.69) is 14.4 Å². The third-order valence-electron chi connectivity index (χ3n) is 3.55. The first-order valence-corrected chi connectivity index (χ1v) is 11.5. The number of halogens is 1. The van der Waals surface area contributed by atoms with E-state index in [1.165, 1.54) is 12.3 Å². The Bertz CT molecular complexity index is 978. The molecule has 0 saturated carbocycles. The van der Waals surface area contributed by atoms with E-state index in [1.807, 2.05) is 0 Å². The predicted octanol–water partition coefficient (Wildman–Crippen LogP) is 1.04. The van der Waals surface area contributed by atoms with Crippen LogP contribution < -0.4 is 9.44 Å². The third-order valence-corrected chi connectivity index (χ3v) is 4.86. The van der Waals surface area contributed by atoms with E-state index in [-0.39, 0.29) is 5.82 Å². The van der Waals surface area contributed by atoms with Gasteiger partial charge < -0.3 is 5.11 Å². The molecule has 11 heteroatoms. The molecule has 0 bridgehead atoms. The van der Waals surface area contributed by atoms with Crippen LogP contribution in [-0.4, -0.2) is 52.2 Å². The molecule has 0 amide bonds. The molecular formula is C16H20FN3O5S2. The summed E-state index contributed by atoms with van der Waals surface area (Å²) in [5, 5.41) is 10.2.